The SMILES string of the molecule is CCOC(=O)Cc1c(I)cc(CBr)nc1C(F)F. The van der Waals surface area contributed by atoms with Gasteiger partial charge < -0.3 is 4.74 Å². The molecule has 0 amide bonds. The summed E-state index contributed by atoms with van der Waals surface area (Å²) in [5, 5.41) is 0.391. The van der Waals surface area contributed by atoms with Crippen LogP contribution in [0.25, 0.3) is 0 Å². The molecule has 1 aromatic rings. The molecule has 0 saturated carbocycles. The predicted octanol–water partition coefficient (Wildman–Crippen LogP) is 3.62. The van der Waals surface area contributed by atoms with Crippen LogP contribution >= 0.6 is 38.5 Å². The molecule has 1 rings (SSSR count). The molecule has 3 nitrogen and oxygen atoms in total. The van der Waals surface area contributed by atoms with Crippen molar-refractivity contribution < 1.29 is 18.3 Å². The lowest BCUT2D eigenvalue weighted by Gasteiger charge is -2.11. The highest BCUT2D eigenvalue weighted by Crippen LogP contribution is 2.27. The Labute approximate surface area is 126 Å². The third-order valence-corrected chi connectivity index (χ3v) is 3.66. The van der Waals surface area contributed by atoms with E-state index in [1.807, 2.05) is 22.6 Å². The highest BCUT2D eigenvalue weighted by molar-refractivity contribution is 14.1. The number of ether oxygens (including phenoxy) is 1. The number of pyridine rings is 1. The summed E-state index contributed by atoms with van der Waals surface area (Å²) in [5.41, 5.74) is 0.417. The van der Waals surface area contributed by atoms with Crippen molar-refractivity contribution in [3.8, 4) is 0 Å². The molecule has 0 spiro atoms. The van der Waals surface area contributed by atoms with Gasteiger partial charge in [-0.25, -0.2) is 8.78 Å². The molecule has 0 fully saturated rings. The van der Waals surface area contributed by atoms with Crippen LogP contribution in [0.3, 0.4) is 0 Å². The number of carbonyl (C=O) groups excluding carboxylic acids is 1. The average Bonchev–Trinajstić information content (AvgIpc) is 2.31. The first-order valence-electron chi connectivity index (χ1n) is 5.17. The Hall–Kier alpha value is -0.310. The molecule has 0 N–H and O–H groups in total. The fourth-order valence-electron chi connectivity index (χ4n) is 1.39. The summed E-state index contributed by atoms with van der Waals surface area (Å²) in [6.45, 7) is 1.90. The normalized spacial score (nSPS) is 10.8. The first-order chi connectivity index (χ1) is 8.49. The molecule has 0 atom stereocenters. The van der Waals surface area contributed by atoms with E-state index in [-0.39, 0.29) is 24.3 Å². The lowest BCUT2D eigenvalue weighted by Crippen LogP contribution is -2.13. The number of rotatable bonds is 5. The van der Waals surface area contributed by atoms with Crippen LogP contribution in [0.1, 0.15) is 30.3 Å². The molecular weight excluding hydrogens is 423 g/mol. The van der Waals surface area contributed by atoms with E-state index in [2.05, 4.69) is 20.9 Å². The maximum Gasteiger partial charge on any atom is 0.310 e. The Morgan fingerprint density at radius 2 is 2.28 bits per heavy atom. The summed E-state index contributed by atoms with van der Waals surface area (Å²) in [7, 11) is 0. The Morgan fingerprint density at radius 3 is 2.78 bits per heavy atom. The van der Waals surface area contributed by atoms with E-state index >= 15 is 0 Å². The molecule has 1 aromatic heterocycles. The summed E-state index contributed by atoms with van der Waals surface area (Å²) in [5.74, 6) is -0.522. The molecular formula is C11H11BrF2INO2. The fraction of sp³-hybridized carbons (Fsp3) is 0.455. The van der Waals surface area contributed by atoms with Gasteiger partial charge in [0.05, 0.1) is 18.7 Å². The van der Waals surface area contributed by atoms with Crippen molar-refractivity contribution >= 4 is 44.5 Å². The Balaban J connectivity index is 3.12. The van der Waals surface area contributed by atoms with Crippen LogP contribution in [-0.4, -0.2) is 17.6 Å². The number of nitrogens with zero attached hydrogens (tertiary/aromatic N) is 1. The van der Waals surface area contributed by atoms with Crippen LogP contribution in [0.15, 0.2) is 6.07 Å². The second-order valence-corrected chi connectivity index (χ2v) is 5.10. The van der Waals surface area contributed by atoms with Crippen molar-refractivity contribution in [3.63, 3.8) is 0 Å². The molecule has 0 saturated heterocycles. The fourth-order valence-corrected chi connectivity index (χ4v) is 2.50. The van der Waals surface area contributed by atoms with Crippen LogP contribution in [0.4, 0.5) is 8.78 Å². The monoisotopic (exact) mass is 433 g/mol. The zero-order valence-electron chi connectivity index (χ0n) is 9.55. The van der Waals surface area contributed by atoms with Crippen molar-refractivity contribution in [3.05, 3.63) is 26.6 Å². The van der Waals surface area contributed by atoms with Crippen LogP contribution in [0, 0.1) is 3.57 Å². The minimum Gasteiger partial charge on any atom is -0.466 e. The third-order valence-electron chi connectivity index (χ3n) is 2.12. The van der Waals surface area contributed by atoms with Crippen LogP contribution < -0.4 is 0 Å². The standard InChI is InChI=1S/C11H11BrF2INO2/c1-2-18-9(17)4-7-8(15)3-6(5-12)16-10(7)11(13)14/h3,11H,2,4-5H2,1H3. The van der Waals surface area contributed by atoms with Gasteiger partial charge in [0.1, 0.15) is 5.69 Å². The number of esters is 1. The molecule has 0 aromatic carbocycles. The third kappa shape index (κ3) is 4.11. The van der Waals surface area contributed by atoms with Gasteiger partial charge >= 0.3 is 5.97 Å². The highest BCUT2D eigenvalue weighted by Gasteiger charge is 2.21. The van der Waals surface area contributed by atoms with E-state index in [1.54, 1.807) is 13.0 Å². The number of alkyl halides is 3. The van der Waals surface area contributed by atoms with E-state index in [9.17, 15) is 13.6 Å². The summed E-state index contributed by atoms with van der Waals surface area (Å²) >= 11 is 5.10. The van der Waals surface area contributed by atoms with Gasteiger partial charge in [-0.3, -0.25) is 9.78 Å². The molecule has 100 valence electrons. The molecule has 1 heterocycles. The maximum atomic E-state index is 12.9. The van der Waals surface area contributed by atoms with Crippen LogP contribution in [0.5, 0.6) is 0 Å². The first-order valence-corrected chi connectivity index (χ1v) is 7.37. The number of hydrogen-bond donors (Lipinski definition) is 0. The molecule has 0 bridgehead atoms. The molecule has 18 heavy (non-hydrogen) atoms. The Morgan fingerprint density at radius 1 is 1.61 bits per heavy atom. The Bertz CT molecular complexity index is 443. The van der Waals surface area contributed by atoms with E-state index in [1.165, 1.54) is 0 Å². The van der Waals surface area contributed by atoms with E-state index in [4.69, 9.17) is 4.74 Å². The van der Waals surface area contributed by atoms with Crippen molar-refractivity contribution in [2.75, 3.05) is 6.61 Å². The van der Waals surface area contributed by atoms with E-state index < -0.39 is 12.4 Å². The number of aromatic nitrogens is 1. The number of carbonyl (C=O) groups is 1. The van der Waals surface area contributed by atoms with Gasteiger partial charge in [-0.15, -0.1) is 0 Å². The molecule has 0 unspecified atom stereocenters. The molecule has 0 aliphatic rings. The minimum atomic E-state index is -2.71. The van der Waals surface area contributed by atoms with Crippen molar-refractivity contribution in [2.24, 2.45) is 0 Å². The topological polar surface area (TPSA) is 39.2 Å². The minimum absolute atomic E-state index is 0.179. The van der Waals surface area contributed by atoms with Gasteiger partial charge in [0.25, 0.3) is 6.43 Å². The number of halogens is 4. The summed E-state index contributed by atoms with van der Waals surface area (Å²) in [6, 6.07) is 1.68. The van der Waals surface area contributed by atoms with Crippen molar-refractivity contribution in [2.45, 2.75) is 25.1 Å². The summed E-state index contributed by atoms with van der Waals surface area (Å²) in [6.07, 6.45) is -2.89. The predicted molar refractivity (Wildman–Crippen MR) is 74.9 cm³/mol. The smallest absolute Gasteiger partial charge is 0.310 e. The zero-order valence-corrected chi connectivity index (χ0v) is 13.3. The van der Waals surface area contributed by atoms with E-state index in [0.29, 0.717) is 14.6 Å². The lowest BCUT2D eigenvalue weighted by molar-refractivity contribution is -0.142. The molecule has 0 aliphatic carbocycles. The number of hydrogen-bond acceptors (Lipinski definition) is 3. The van der Waals surface area contributed by atoms with Gasteiger partial charge in [0.2, 0.25) is 0 Å². The van der Waals surface area contributed by atoms with Gasteiger partial charge in [0.15, 0.2) is 0 Å². The molecule has 0 radical (unpaired) electrons. The molecule has 0 aliphatic heterocycles. The quantitative estimate of drug-likeness (QED) is 0.404. The summed E-state index contributed by atoms with van der Waals surface area (Å²) in [4.78, 5) is 15.2. The second kappa shape index (κ2) is 7.32. The highest BCUT2D eigenvalue weighted by atomic mass is 127. The second-order valence-electron chi connectivity index (χ2n) is 3.38. The van der Waals surface area contributed by atoms with E-state index in [0.717, 1.165) is 0 Å². The Kier molecular flexibility index (Phi) is 6.40. The average molecular weight is 434 g/mol. The van der Waals surface area contributed by atoms with Crippen molar-refractivity contribution in [1.82, 2.24) is 4.98 Å². The van der Waals surface area contributed by atoms with Crippen LogP contribution in [0.2, 0.25) is 0 Å². The van der Waals surface area contributed by atoms with Gasteiger partial charge in [0, 0.05) is 14.5 Å². The molecule has 7 heteroatoms. The summed E-state index contributed by atoms with van der Waals surface area (Å²) < 4.78 is 31.2. The zero-order chi connectivity index (χ0) is 13.7. The largest absolute Gasteiger partial charge is 0.466 e. The van der Waals surface area contributed by atoms with Crippen LogP contribution in [-0.2, 0) is 21.3 Å². The first kappa shape index (κ1) is 15.7. The van der Waals surface area contributed by atoms with Gasteiger partial charge in [-0.05, 0) is 35.6 Å². The van der Waals surface area contributed by atoms with Gasteiger partial charge in [-0.2, -0.15) is 0 Å². The van der Waals surface area contributed by atoms with Crippen molar-refractivity contribution in [1.29, 1.82) is 0 Å². The van der Waals surface area contributed by atoms with Gasteiger partial charge in [-0.1, -0.05) is 15.9 Å². The maximum absolute atomic E-state index is 12.9. The lowest BCUT2D eigenvalue weighted by atomic mass is 10.1.